The van der Waals surface area contributed by atoms with Gasteiger partial charge in [0.1, 0.15) is 18.9 Å². The molecule has 0 aromatic heterocycles. The van der Waals surface area contributed by atoms with Crippen LogP contribution in [0.15, 0.2) is 10.3 Å². The largest absolute Gasteiger partial charge is 0.481 e. The Morgan fingerprint density at radius 1 is 1.15 bits per heavy atom. The maximum absolute atomic E-state index is 10.8. The van der Waals surface area contributed by atoms with Crippen molar-refractivity contribution in [1.29, 1.82) is 0 Å². The minimum atomic E-state index is -0.932. The maximum Gasteiger partial charge on any atom is 0.308 e. The summed E-state index contributed by atoms with van der Waals surface area (Å²) in [7, 11) is 2.03. The van der Waals surface area contributed by atoms with Gasteiger partial charge in [0.2, 0.25) is 0 Å². The van der Waals surface area contributed by atoms with Crippen LogP contribution < -0.4 is 0 Å². The van der Waals surface area contributed by atoms with Gasteiger partial charge in [-0.3, -0.25) is 9.59 Å². The van der Waals surface area contributed by atoms with Crippen LogP contribution in [-0.2, 0) is 19.3 Å². The van der Waals surface area contributed by atoms with E-state index in [1.54, 1.807) is 6.92 Å². The fraction of sp³-hybridized carbons (Fsp3) is 0.667. The lowest BCUT2D eigenvalue weighted by Crippen LogP contribution is -2.02. The Morgan fingerprint density at radius 3 is 2.30 bits per heavy atom. The second-order valence-electron chi connectivity index (χ2n) is 4.01. The standard InChI is InChI=1S/C12H21N2O5P/c1-10(12(17)20)14-19-9-5-3-2-4-8-18-13-7-6-11(15)16/h7H,2-6,8-9,20H2,1H3,(H,15,16)/b13-7+,14-10-. The lowest BCUT2D eigenvalue weighted by atomic mass is 10.2. The number of hydrogen-bond acceptors (Lipinski definition) is 6. The van der Waals surface area contributed by atoms with Gasteiger partial charge in [0.25, 0.3) is 0 Å². The van der Waals surface area contributed by atoms with E-state index in [1.807, 2.05) is 9.24 Å². The van der Waals surface area contributed by atoms with Gasteiger partial charge in [0.05, 0.1) is 12.6 Å². The van der Waals surface area contributed by atoms with Crippen molar-refractivity contribution in [3.63, 3.8) is 0 Å². The Kier molecular flexibility index (Phi) is 11.6. The van der Waals surface area contributed by atoms with E-state index >= 15 is 0 Å². The minimum Gasteiger partial charge on any atom is -0.481 e. The summed E-state index contributed by atoms with van der Waals surface area (Å²) in [6.45, 7) is 2.54. The minimum absolute atomic E-state index is 0.129. The van der Waals surface area contributed by atoms with Gasteiger partial charge in [0.15, 0.2) is 5.52 Å². The number of carboxylic acid groups (broad SMARTS) is 1. The third-order valence-corrected chi connectivity index (χ3v) is 2.61. The van der Waals surface area contributed by atoms with Gasteiger partial charge in [-0.1, -0.05) is 19.6 Å². The number of nitrogens with zero attached hydrogens (tertiary/aromatic N) is 2. The van der Waals surface area contributed by atoms with Gasteiger partial charge in [-0.05, 0) is 32.6 Å². The molecule has 0 aromatic carbocycles. The van der Waals surface area contributed by atoms with Crippen molar-refractivity contribution < 1.29 is 24.4 Å². The van der Waals surface area contributed by atoms with Crippen molar-refractivity contribution in [1.82, 2.24) is 0 Å². The molecule has 0 aromatic rings. The highest BCUT2D eigenvalue weighted by molar-refractivity contribution is 7.45. The van der Waals surface area contributed by atoms with E-state index in [2.05, 4.69) is 10.3 Å². The average Bonchev–Trinajstić information content (AvgIpc) is 2.39. The third-order valence-electron chi connectivity index (χ3n) is 2.19. The highest BCUT2D eigenvalue weighted by Crippen LogP contribution is 2.01. The molecule has 0 saturated heterocycles. The van der Waals surface area contributed by atoms with Crippen LogP contribution in [0.1, 0.15) is 39.0 Å². The molecule has 1 unspecified atom stereocenters. The SMILES string of the molecule is C/C(=N/OCCCCCCO/N=C/CC(=O)O)C(=O)P. The first kappa shape index (κ1) is 18.5. The number of carbonyl (C=O) groups is 2. The molecule has 0 spiro atoms. The maximum atomic E-state index is 10.8. The lowest BCUT2D eigenvalue weighted by Gasteiger charge is -2.01. The molecule has 0 aliphatic heterocycles. The summed E-state index contributed by atoms with van der Waals surface area (Å²) in [6.07, 6.45) is 4.72. The number of carbonyl (C=O) groups excluding carboxylic acids is 1. The fourth-order valence-corrected chi connectivity index (χ4v) is 1.15. The molecule has 0 rings (SSSR count). The summed E-state index contributed by atoms with van der Waals surface area (Å²) in [4.78, 5) is 30.8. The van der Waals surface area contributed by atoms with Crippen LogP contribution in [0.25, 0.3) is 0 Å². The second kappa shape index (κ2) is 12.5. The monoisotopic (exact) mass is 304 g/mol. The number of hydrogen-bond donors (Lipinski definition) is 1. The van der Waals surface area contributed by atoms with E-state index in [0.717, 1.165) is 25.7 Å². The number of oxime groups is 2. The third kappa shape index (κ3) is 13.0. The Hall–Kier alpha value is -1.49. The molecule has 0 radical (unpaired) electrons. The molecule has 1 N–H and O–H groups in total. The van der Waals surface area contributed by atoms with Crippen molar-refractivity contribution in [2.45, 2.75) is 39.0 Å². The van der Waals surface area contributed by atoms with Gasteiger partial charge < -0.3 is 14.8 Å². The summed E-state index contributed by atoms with van der Waals surface area (Å²) in [6, 6.07) is 0. The topological polar surface area (TPSA) is 97.6 Å². The molecule has 0 aliphatic carbocycles. The zero-order valence-corrected chi connectivity index (χ0v) is 12.7. The zero-order chi connectivity index (χ0) is 15.2. The van der Waals surface area contributed by atoms with E-state index in [9.17, 15) is 9.59 Å². The van der Waals surface area contributed by atoms with Crippen molar-refractivity contribution in [2.24, 2.45) is 10.3 Å². The summed E-state index contributed by atoms with van der Waals surface area (Å²) < 4.78 is 0. The molecule has 114 valence electrons. The van der Waals surface area contributed by atoms with Gasteiger partial charge in [-0.15, -0.1) is 0 Å². The van der Waals surface area contributed by atoms with Crippen LogP contribution in [0.3, 0.4) is 0 Å². The van der Waals surface area contributed by atoms with Crippen molar-refractivity contribution >= 4 is 32.7 Å². The highest BCUT2D eigenvalue weighted by Gasteiger charge is 1.97. The van der Waals surface area contributed by atoms with Gasteiger partial charge >= 0.3 is 5.97 Å². The quantitative estimate of drug-likeness (QED) is 0.257. The van der Waals surface area contributed by atoms with E-state index < -0.39 is 5.97 Å². The predicted octanol–water partition coefficient (Wildman–Crippen LogP) is 1.82. The molecule has 0 fully saturated rings. The van der Waals surface area contributed by atoms with Gasteiger partial charge in [-0.2, -0.15) is 0 Å². The highest BCUT2D eigenvalue weighted by atomic mass is 31.0. The van der Waals surface area contributed by atoms with E-state index in [1.165, 1.54) is 6.21 Å². The summed E-state index contributed by atoms with van der Waals surface area (Å²) in [5.74, 6) is -0.932. The smallest absolute Gasteiger partial charge is 0.308 e. The summed E-state index contributed by atoms with van der Waals surface area (Å²) in [5, 5.41) is 15.5. The number of carboxylic acids is 1. The van der Waals surface area contributed by atoms with Crippen LogP contribution in [0.2, 0.25) is 0 Å². The number of unbranched alkanes of at least 4 members (excludes halogenated alkanes) is 3. The van der Waals surface area contributed by atoms with E-state index in [-0.39, 0.29) is 11.9 Å². The van der Waals surface area contributed by atoms with Crippen molar-refractivity contribution in [3.05, 3.63) is 0 Å². The predicted molar refractivity (Wildman–Crippen MR) is 78.9 cm³/mol. The lowest BCUT2D eigenvalue weighted by molar-refractivity contribution is -0.135. The van der Waals surface area contributed by atoms with Crippen LogP contribution in [-0.4, -0.2) is 41.7 Å². The molecular weight excluding hydrogens is 283 g/mol. The molecule has 7 nitrogen and oxygen atoms in total. The van der Waals surface area contributed by atoms with Crippen LogP contribution in [0.5, 0.6) is 0 Å². The van der Waals surface area contributed by atoms with E-state index in [0.29, 0.717) is 18.9 Å². The van der Waals surface area contributed by atoms with E-state index in [4.69, 9.17) is 14.8 Å². The molecule has 0 heterocycles. The molecule has 0 amide bonds. The summed E-state index contributed by atoms with van der Waals surface area (Å²) >= 11 is 0. The summed E-state index contributed by atoms with van der Waals surface area (Å²) in [5.41, 5.74) is 0.160. The Bertz CT molecular complexity index is 358. The first-order chi connectivity index (χ1) is 9.54. The van der Waals surface area contributed by atoms with Crippen molar-refractivity contribution in [3.8, 4) is 0 Å². The van der Waals surface area contributed by atoms with Crippen LogP contribution >= 0.6 is 9.24 Å². The molecule has 1 atom stereocenters. The fourth-order valence-electron chi connectivity index (χ4n) is 1.10. The van der Waals surface area contributed by atoms with Gasteiger partial charge in [-0.25, -0.2) is 0 Å². The van der Waals surface area contributed by atoms with Crippen molar-refractivity contribution in [2.75, 3.05) is 13.2 Å². The zero-order valence-electron chi connectivity index (χ0n) is 11.6. The molecule has 0 saturated carbocycles. The second-order valence-corrected chi connectivity index (χ2v) is 4.53. The normalized spacial score (nSPS) is 11.6. The molecule has 8 heteroatoms. The van der Waals surface area contributed by atoms with Crippen LogP contribution in [0, 0.1) is 0 Å². The Morgan fingerprint density at radius 2 is 1.75 bits per heavy atom. The molecule has 0 bridgehead atoms. The molecular formula is C12H21N2O5P. The number of rotatable bonds is 12. The first-order valence-corrected chi connectivity index (χ1v) is 6.93. The Labute approximate surface area is 120 Å². The average molecular weight is 304 g/mol. The Balaban J connectivity index is 3.29. The first-order valence-electron chi connectivity index (χ1n) is 6.36. The molecule has 20 heavy (non-hydrogen) atoms. The molecule has 0 aliphatic rings. The van der Waals surface area contributed by atoms with Gasteiger partial charge in [0, 0.05) is 0 Å². The van der Waals surface area contributed by atoms with Crippen LogP contribution in [0.4, 0.5) is 0 Å². The number of aliphatic carboxylic acids is 1.